The van der Waals surface area contributed by atoms with Gasteiger partial charge < -0.3 is 10.2 Å². The van der Waals surface area contributed by atoms with Crippen molar-refractivity contribution in [2.24, 2.45) is 0 Å². The molecule has 0 bridgehead atoms. The number of hydrogen-bond donors (Lipinski definition) is 1. The normalized spacial score (nSPS) is 19.8. The smallest absolute Gasteiger partial charge is 0.0642 e. The molecule has 0 saturated carbocycles. The van der Waals surface area contributed by atoms with E-state index in [9.17, 15) is 0 Å². The maximum atomic E-state index is 6.42. The average Bonchev–Trinajstić information content (AvgIpc) is 2.73. The van der Waals surface area contributed by atoms with Gasteiger partial charge in [-0.25, -0.2) is 0 Å². The lowest BCUT2D eigenvalue weighted by Crippen LogP contribution is -2.26. The van der Waals surface area contributed by atoms with E-state index in [-0.39, 0.29) is 0 Å². The molecule has 3 heteroatoms. The van der Waals surface area contributed by atoms with Crippen LogP contribution in [0.2, 0.25) is 5.02 Å². The fraction of sp³-hybridized carbons (Fsp3) is 0.600. The van der Waals surface area contributed by atoms with E-state index in [2.05, 4.69) is 49.2 Å². The first-order valence-corrected chi connectivity index (χ1v) is 7.24. The monoisotopic (exact) mass is 266 g/mol. The van der Waals surface area contributed by atoms with Crippen LogP contribution >= 0.6 is 11.6 Å². The zero-order valence-corrected chi connectivity index (χ0v) is 12.3. The van der Waals surface area contributed by atoms with Gasteiger partial charge >= 0.3 is 0 Å². The summed E-state index contributed by atoms with van der Waals surface area (Å²) in [7, 11) is 0. The molecule has 1 aliphatic heterocycles. The quantitative estimate of drug-likeness (QED) is 0.891. The second-order valence-corrected chi connectivity index (χ2v) is 5.91. The van der Waals surface area contributed by atoms with Crippen LogP contribution in [0.4, 0.5) is 5.69 Å². The molecule has 18 heavy (non-hydrogen) atoms. The first-order chi connectivity index (χ1) is 8.58. The lowest BCUT2D eigenvalue weighted by molar-refractivity contribution is 0.589. The van der Waals surface area contributed by atoms with Crippen molar-refractivity contribution in [3.05, 3.63) is 28.8 Å². The zero-order chi connectivity index (χ0) is 13.1. The Balaban J connectivity index is 2.09. The molecule has 1 aliphatic rings. The third-order valence-electron chi connectivity index (χ3n) is 3.59. The predicted molar refractivity (Wildman–Crippen MR) is 79.5 cm³/mol. The number of halogens is 1. The summed E-state index contributed by atoms with van der Waals surface area (Å²) in [6, 6.07) is 7.56. The Bertz CT molecular complexity index is 403. The van der Waals surface area contributed by atoms with E-state index in [1.54, 1.807) is 0 Å². The van der Waals surface area contributed by atoms with Crippen molar-refractivity contribution in [1.29, 1.82) is 0 Å². The van der Waals surface area contributed by atoms with Gasteiger partial charge in [-0.1, -0.05) is 31.5 Å². The van der Waals surface area contributed by atoms with Crippen molar-refractivity contribution < 1.29 is 0 Å². The van der Waals surface area contributed by atoms with Crippen LogP contribution in [0, 0.1) is 0 Å². The largest absolute Gasteiger partial charge is 0.368 e. The Kier molecular flexibility index (Phi) is 4.52. The Morgan fingerprint density at radius 1 is 1.44 bits per heavy atom. The Labute approximate surface area is 115 Å². The standard InChI is InChI=1S/C15H23ClN2/c1-11(2)17-10-13-6-7-15(14(16)9-13)18-8-4-5-12(18)3/h6-7,9,11-12,17H,4-5,8,10H2,1-3H3. The summed E-state index contributed by atoms with van der Waals surface area (Å²) in [6.07, 6.45) is 2.54. The SMILES string of the molecule is CC(C)NCc1ccc(N2CCCC2C)c(Cl)c1. The molecule has 0 amide bonds. The molecule has 2 rings (SSSR count). The van der Waals surface area contributed by atoms with Crippen LogP contribution in [0.25, 0.3) is 0 Å². The molecule has 0 radical (unpaired) electrons. The van der Waals surface area contributed by atoms with E-state index in [1.807, 2.05) is 0 Å². The summed E-state index contributed by atoms with van der Waals surface area (Å²) >= 11 is 6.42. The van der Waals surface area contributed by atoms with Gasteiger partial charge in [-0.3, -0.25) is 0 Å². The number of anilines is 1. The second-order valence-electron chi connectivity index (χ2n) is 5.51. The third kappa shape index (κ3) is 3.18. The van der Waals surface area contributed by atoms with Gasteiger partial charge in [0, 0.05) is 25.2 Å². The molecule has 0 spiro atoms. The van der Waals surface area contributed by atoms with Gasteiger partial charge in [-0.15, -0.1) is 0 Å². The summed E-state index contributed by atoms with van der Waals surface area (Å²) in [6.45, 7) is 8.60. The van der Waals surface area contributed by atoms with E-state index in [0.29, 0.717) is 12.1 Å². The molecule has 1 fully saturated rings. The van der Waals surface area contributed by atoms with Crippen molar-refractivity contribution in [3.8, 4) is 0 Å². The number of nitrogens with zero attached hydrogens (tertiary/aromatic N) is 1. The molecule has 1 saturated heterocycles. The number of rotatable bonds is 4. The summed E-state index contributed by atoms with van der Waals surface area (Å²) in [5.41, 5.74) is 2.44. The van der Waals surface area contributed by atoms with Gasteiger partial charge in [0.2, 0.25) is 0 Å². The molecule has 1 unspecified atom stereocenters. The second kappa shape index (κ2) is 5.94. The van der Waals surface area contributed by atoms with Crippen molar-refractivity contribution in [1.82, 2.24) is 5.32 Å². The highest BCUT2D eigenvalue weighted by atomic mass is 35.5. The fourth-order valence-corrected chi connectivity index (χ4v) is 2.82. The van der Waals surface area contributed by atoms with Crippen LogP contribution in [0.1, 0.15) is 39.2 Å². The molecular weight excluding hydrogens is 244 g/mol. The number of nitrogens with one attached hydrogen (secondary N) is 1. The molecule has 1 N–H and O–H groups in total. The Morgan fingerprint density at radius 3 is 2.78 bits per heavy atom. The molecule has 1 aromatic carbocycles. The van der Waals surface area contributed by atoms with Gasteiger partial charge in [0.05, 0.1) is 10.7 Å². The lowest BCUT2D eigenvalue weighted by atomic mass is 10.1. The maximum Gasteiger partial charge on any atom is 0.0642 e. The minimum absolute atomic E-state index is 0.502. The van der Waals surface area contributed by atoms with Gasteiger partial charge in [0.1, 0.15) is 0 Å². The summed E-state index contributed by atoms with van der Waals surface area (Å²) < 4.78 is 0. The highest BCUT2D eigenvalue weighted by molar-refractivity contribution is 6.33. The highest BCUT2D eigenvalue weighted by Crippen LogP contribution is 2.32. The molecule has 0 aliphatic carbocycles. The van der Waals surface area contributed by atoms with Crippen molar-refractivity contribution in [2.75, 3.05) is 11.4 Å². The lowest BCUT2D eigenvalue weighted by Gasteiger charge is -2.25. The predicted octanol–water partition coefficient (Wildman–Crippen LogP) is 3.83. The van der Waals surface area contributed by atoms with E-state index >= 15 is 0 Å². The Morgan fingerprint density at radius 2 is 2.22 bits per heavy atom. The van der Waals surface area contributed by atoms with Gasteiger partial charge in [0.25, 0.3) is 0 Å². The Hall–Kier alpha value is -0.730. The minimum Gasteiger partial charge on any atom is -0.368 e. The van der Waals surface area contributed by atoms with Crippen molar-refractivity contribution >= 4 is 17.3 Å². The molecule has 1 atom stereocenters. The molecule has 1 heterocycles. The van der Waals surface area contributed by atoms with E-state index in [1.165, 1.54) is 24.1 Å². The zero-order valence-electron chi connectivity index (χ0n) is 11.5. The van der Waals surface area contributed by atoms with Gasteiger partial charge in [0.15, 0.2) is 0 Å². The van der Waals surface area contributed by atoms with E-state index in [0.717, 1.165) is 18.1 Å². The van der Waals surface area contributed by atoms with Crippen LogP contribution < -0.4 is 10.2 Å². The molecule has 100 valence electrons. The summed E-state index contributed by atoms with van der Waals surface area (Å²) in [4.78, 5) is 2.42. The maximum absolute atomic E-state index is 6.42. The first kappa shape index (κ1) is 13.7. The highest BCUT2D eigenvalue weighted by Gasteiger charge is 2.22. The topological polar surface area (TPSA) is 15.3 Å². The summed E-state index contributed by atoms with van der Waals surface area (Å²) in [5.74, 6) is 0. The molecule has 0 aromatic heterocycles. The van der Waals surface area contributed by atoms with Crippen molar-refractivity contribution in [3.63, 3.8) is 0 Å². The van der Waals surface area contributed by atoms with Crippen molar-refractivity contribution in [2.45, 2.75) is 52.2 Å². The average molecular weight is 267 g/mol. The fourth-order valence-electron chi connectivity index (χ4n) is 2.51. The minimum atomic E-state index is 0.502. The molecule has 2 nitrogen and oxygen atoms in total. The third-order valence-corrected chi connectivity index (χ3v) is 3.89. The van der Waals surface area contributed by atoms with Crippen LogP contribution in [0.15, 0.2) is 18.2 Å². The number of benzene rings is 1. The number of hydrogen-bond acceptors (Lipinski definition) is 2. The van der Waals surface area contributed by atoms with Crippen LogP contribution in [-0.2, 0) is 6.54 Å². The van der Waals surface area contributed by atoms with Gasteiger partial charge in [-0.2, -0.15) is 0 Å². The van der Waals surface area contributed by atoms with Crippen LogP contribution in [0.3, 0.4) is 0 Å². The van der Waals surface area contributed by atoms with E-state index in [4.69, 9.17) is 11.6 Å². The van der Waals surface area contributed by atoms with Crippen LogP contribution in [-0.4, -0.2) is 18.6 Å². The summed E-state index contributed by atoms with van der Waals surface area (Å²) in [5, 5.41) is 4.30. The van der Waals surface area contributed by atoms with Gasteiger partial charge in [-0.05, 0) is 37.5 Å². The van der Waals surface area contributed by atoms with E-state index < -0.39 is 0 Å². The molecule has 1 aromatic rings. The first-order valence-electron chi connectivity index (χ1n) is 6.86. The van der Waals surface area contributed by atoms with Crippen LogP contribution in [0.5, 0.6) is 0 Å². The molecular formula is C15H23ClN2.